The van der Waals surface area contributed by atoms with E-state index < -0.39 is 31.5 Å². The number of nitrogens with zero attached hydrogens (tertiary/aromatic N) is 1. The fraction of sp³-hybridized carbons (Fsp3) is 0.520. The molecule has 2 aromatic rings. The zero-order valence-electron chi connectivity index (χ0n) is 23.0. The summed E-state index contributed by atoms with van der Waals surface area (Å²) in [5.74, 6) is -1.34. The van der Waals surface area contributed by atoms with Gasteiger partial charge in [-0.05, 0) is 72.6 Å². The predicted octanol–water partition coefficient (Wildman–Crippen LogP) is 4.20. The van der Waals surface area contributed by atoms with Crippen LogP contribution in [0.4, 0.5) is 5.13 Å². The average Bonchev–Trinajstić information content (AvgIpc) is 3.46. The van der Waals surface area contributed by atoms with Gasteiger partial charge in [0, 0.05) is 0 Å². The van der Waals surface area contributed by atoms with Crippen LogP contribution in [0.3, 0.4) is 0 Å². The molecule has 0 unspecified atom stereocenters. The van der Waals surface area contributed by atoms with Crippen LogP contribution in [0.1, 0.15) is 71.5 Å². The maximum atomic E-state index is 14.2. The third kappa shape index (κ3) is 7.86. The minimum Gasteiger partial charge on any atom is -0.462 e. The Hall–Kier alpha value is -2.79. The summed E-state index contributed by atoms with van der Waals surface area (Å²) in [4.78, 5) is 42.6. The second-order valence-corrected chi connectivity index (χ2v) is 12.4. The van der Waals surface area contributed by atoms with E-state index in [4.69, 9.17) is 19.6 Å². The smallest absolute Gasteiger partial charge is 0.323 e. The molecule has 2 heterocycles. The normalized spacial score (nSPS) is 14.0. The Morgan fingerprint density at radius 3 is 2.03 bits per heavy atom. The van der Waals surface area contributed by atoms with Crippen molar-refractivity contribution in [2.75, 3.05) is 5.73 Å². The number of nitrogens with one attached hydrogen (secondary N) is 2. The summed E-state index contributed by atoms with van der Waals surface area (Å²) in [7, 11) is -3.96. The molecule has 0 aromatic carbocycles. The second-order valence-electron chi connectivity index (χ2n) is 9.15. The van der Waals surface area contributed by atoms with Crippen molar-refractivity contribution >= 4 is 47.1 Å². The van der Waals surface area contributed by atoms with E-state index in [9.17, 15) is 18.9 Å². The van der Waals surface area contributed by atoms with E-state index in [0.29, 0.717) is 12.0 Å². The number of ketones is 1. The topological polar surface area (TPSA) is 163 Å². The quantitative estimate of drug-likeness (QED) is 0.137. The van der Waals surface area contributed by atoms with Crippen LogP contribution >= 0.6 is 18.8 Å². The fourth-order valence-corrected chi connectivity index (χ4v) is 6.36. The molecule has 0 saturated heterocycles. The molecule has 0 aliphatic heterocycles. The van der Waals surface area contributed by atoms with E-state index >= 15 is 0 Å². The van der Waals surface area contributed by atoms with Gasteiger partial charge in [-0.15, -0.1) is 0 Å². The molecule has 11 nitrogen and oxygen atoms in total. The Morgan fingerprint density at radius 2 is 1.58 bits per heavy atom. The lowest BCUT2D eigenvalue weighted by Crippen LogP contribution is -2.45. The first-order valence-corrected chi connectivity index (χ1v) is 14.9. The number of carbonyl (C=O) groups excluding carboxylic acids is 3. The van der Waals surface area contributed by atoms with Gasteiger partial charge in [0.15, 0.2) is 16.4 Å². The van der Waals surface area contributed by atoms with Crippen molar-refractivity contribution in [1.82, 2.24) is 15.2 Å². The van der Waals surface area contributed by atoms with Crippen LogP contribution < -0.4 is 21.4 Å². The summed E-state index contributed by atoms with van der Waals surface area (Å²) in [6.07, 6.45) is 1.48. The van der Waals surface area contributed by atoms with E-state index in [1.807, 2.05) is 6.92 Å². The number of allylic oxidation sites excluding steroid dienone is 2. The number of Topliss-reactive ketones (excluding diaryl/α,β-unsaturated/α-hetero) is 1. The molecule has 0 aliphatic carbocycles. The Labute approximate surface area is 227 Å². The number of furan rings is 1. The number of hydrogen-bond donors (Lipinski definition) is 3. The molecule has 2 aromatic heterocycles. The van der Waals surface area contributed by atoms with Crippen molar-refractivity contribution in [1.29, 1.82) is 0 Å². The number of rotatable bonds is 13. The van der Waals surface area contributed by atoms with E-state index in [1.54, 1.807) is 40.7 Å². The SMILES string of the molecule is C/C=C(\CC)C(=O)c1sc(N)nc1-c1ccc(P(=O)(N[C@@H](C)C(=O)OC(C)C)N[C@@H](C)C(=O)OC(C)C)o1. The molecular formula is C25H37N4O7PS. The van der Waals surface area contributed by atoms with E-state index in [2.05, 4.69) is 15.2 Å². The molecule has 0 fully saturated rings. The van der Waals surface area contributed by atoms with E-state index in [0.717, 1.165) is 11.3 Å². The predicted molar refractivity (Wildman–Crippen MR) is 147 cm³/mol. The summed E-state index contributed by atoms with van der Waals surface area (Å²) in [6.45, 7) is 13.4. The molecule has 0 bridgehead atoms. The summed E-state index contributed by atoms with van der Waals surface area (Å²) < 4.78 is 30.6. The molecule has 0 amide bonds. The number of hydrogen-bond acceptors (Lipinski definition) is 10. The summed E-state index contributed by atoms with van der Waals surface area (Å²) in [5, 5.41) is 5.66. The van der Waals surface area contributed by atoms with Crippen molar-refractivity contribution in [2.45, 2.75) is 86.1 Å². The molecule has 38 heavy (non-hydrogen) atoms. The zero-order valence-corrected chi connectivity index (χ0v) is 24.7. The molecule has 2 rings (SSSR count). The average molecular weight is 569 g/mol. The summed E-state index contributed by atoms with van der Waals surface area (Å²) >= 11 is 1.03. The lowest BCUT2D eigenvalue weighted by atomic mass is 10.1. The van der Waals surface area contributed by atoms with Crippen molar-refractivity contribution < 1.29 is 32.8 Å². The van der Waals surface area contributed by atoms with Crippen LogP contribution in [0.2, 0.25) is 0 Å². The van der Waals surface area contributed by atoms with Gasteiger partial charge in [0.05, 0.1) is 12.2 Å². The highest BCUT2D eigenvalue weighted by molar-refractivity contribution is 7.67. The van der Waals surface area contributed by atoms with Crippen LogP contribution in [0.15, 0.2) is 28.2 Å². The van der Waals surface area contributed by atoms with Gasteiger partial charge in [-0.3, -0.25) is 18.9 Å². The first-order valence-electron chi connectivity index (χ1n) is 12.4. The fourth-order valence-electron chi connectivity index (χ4n) is 3.41. The number of nitrogens with two attached hydrogens (primary N) is 1. The van der Waals surface area contributed by atoms with E-state index in [-0.39, 0.29) is 45.0 Å². The highest BCUT2D eigenvalue weighted by Gasteiger charge is 2.37. The van der Waals surface area contributed by atoms with Gasteiger partial charge in [0.25, 0.3) is 7.44 Å². The Morgan fingerprint density at radius 1 is 1.05 bits per heavy atom. The number of thiazole rings is 1. The highest BCUT2D eigenvalue weighted by atomic mass is 32.1. The van der Waals surface area contributed by atoms with Crippen molar-refractivity contribution in [3.63, 3.8) is 0 Å². The van der Waals surface area contributed by atoms with Gasteiger partial charge < -0.3 is 19.6 Å². The number of ether oxygens (including phenoxy) is 2. The van der Waals surface area contributed by atoms with E-state index in [1.165, 1.54) is 26.0 Å². The molecule has 210 valence electrons. The summed E-state index contributed by atoms with van der Waals surface area (Å²) in [5.41, 5.74) is 6.63. The van der Waals surface area contributed by atoms with Gasteiger partial charge >= 0.3 is 11.9 Å². The van der Waals surface area contributed by atoms with Gasteiger partial charge in [-0.1, -0.05) is 24.3 Å². The lowest BCUT2D eigenvalue weighted by Gasteiger charge is -2.25. The molecule has 0 spiro atoms. The van der Waals surface area contributed by atoms with Crippen LogP contribution in [0.5, 0.6) is 0 Å². The Kier molecular flexibility index (Phi) is 11.0. The van der Waals surface area contributed by atoms with Crippen LogP contribution in [0, 0.1) is 0 Å². The molecule has 13 heteroatoms. The third-order valence-corrected chi connectivity index (χ3v) is 8.41. The second kappa shape index (κ2) is 13.3. The van der Waals surface area contributed by atoms with Gasteiger partial charge in [0.1, 0.15) is 22.7 Å². The zero-order chi connectivity index (χ0) is 28.8. The minimum absolute atomic E-state index is 0.0902. The van der Waals surface area contributed by atoms with Crippen LogP contribution in [-0.4, -0.2) is 47.0 Å². The molecule has 0 radical (unpaired) electrons. The van der Waals surface area contributed by atoms with Gasteiger partial charge in [-0.2, -0.15) is 0 Å². The first kappa shape index (κ1) is 31.4. The number of aromatic nitrogens is 1. The summed E-state index contributed by atoms with van der Waals surface area (Å²) in [6, 6.07) is 0.890. The Bertz CT molecular complexity index is 1200. The van der Waals surface area contributed by atoms with Gasteiger partial charge in [0.2, 0.25) is 5.78 Å². The maximum absolute atomic E-state index is 14.2. The highest BCUT2D eigenvalue weighted by Crippen LogP contribution is 2.40. The molecular weight excluding hydrogens is 531 g/mol. The number of carbonyl (C=O) groups is 3. The number of anilines is 1. The first-order chi connectivity index (χ1) is 17.7. The third-order valence-electron chi connectivity index (χ3n) is 5.17. The minimum atomic E-state index is -3.96. The number of nitrogen functional groups attached to an aromatic ring is 1. The molecule has 0 saturated carbocycles. The van der Waals surface area contributed by atoms with Crippen LogP contribution in [-0.2, 0) is 23.6 Å². The number of esters is 2. The van der Waals surface area contributed by atoms with Crippen molar-refractivity contribution in [3.8, 4) is 11.5 Å². The molecule has 2 atom stereocenters. The molecule has 0 aliphatic rings. The lowest BCUT2D eigenvalue weighted by molar-refractivity contribution is -0.149. The largest absolute Gasteiger partial charge is 0.462 e. The maximum Gasteiger partial charge on any atom is 0.323 e. The van der Waals surface area contributed by atoms with Crippen LogP contribution in [0.25, 0.3) is 11.5 Å². The van der Waals surface area contributed by atoms with Gasteiger partial charge in [-0.25, -0.2) is 15.2 Å². The Balaban J connectivity index is 2.50. The van der Waals surface area contributed by atoms with Crippen molar-refractivity contribution in [2.24, 2.45) is 0 Å². The standard InChI is InChI=1S/C25H37N4O7PS/c1-9-17(10-2)21(30)22-20(27-25(26)38-22)18-11-12-19(36-18)37(33,28-15(7)23(31)34-13(3)4)29-16(8)24(32)35-14(5)6/h9,11-16H,10H2,1-8H3,(H2,26,27)(H2,28,29,33)/b17-9+/t15-,16-/m0/s1. The molecule has 4 N–H and O–H groups in total. The van der Waals surface area contributed by atoms with Crippen molar-refractivity contribution in [3.05, 3.63) is 28.7 Å². The monoisotopic (exact) mass is 568 g/mol.